The van der Waals surface area contributed by atoms with Crippen LogP contribution in [0.5, 0.6) is 0 Å². The Morgan fingerprint density at radius 1 is 1.26 bits per heavy atom. The number of nitrogens with zero attached hydrogens (tertiary/aromatic N) is 4. The van der Waals surface area contributed by atoms with E-state index in [0.717, 1.165) is 18.8 Å². The number of rotatable bonds is 4. The molecule has 1 heterocycles. The van der Waals surface area contributed by atoms with E-state index in [-0.39, 0.29) is 0 Å². The molecule has 98 valence electrons. The number of anilines is 2. The standard InChI is InChI=1S/C14H17N5/c1-3-18(4-2)14-12(10-15)13(16)19(17-14)11-8-6-5-7-9-11/h5-9H,3-4,16H2,1-2H3. The second-order valence-electron chi connectivity index (χ2n) is 4.12. The van der Waals surface area contributed by atoms with Crippen molar-refractivity contribution in [3.05, 3.63) is 35.9 Å². The average molecular weight is 255 g/mol. The molecule has 19 heavy (non-hydrogen) atoms. The van der Waals surface area contributed by atoms with E-state index in [1.54, 1.807) is 4.68 Å². The number of para-hydroxylation sites is 1. The SMILES string of the molecule is CCN(CC)c1nn(-c2ccccc2)c(N)c1C#N. The Labute approximate surface area is 112 Å². The largest absolute Gasteiger partial charge is 0.382 e. The lowest BCUT2D eigenvalue weighted by Crippen LogP contribution is -2.23. The van der Waals surface area contributed by atoms with Crippen molar-refractivity contribution in [3.63, 3.8) is 0 Å². The first-order valence-corrected chi connectivity index (χ1v) is 6.31. The van der Waals surface area contributed by atoms with Gasteiger partial charge in [0.2, 0.25) is 0 Å². The van der Waals surface area contributed by atoms with Crippen LogP contribution in [0, 0.1) is 11.3 Å². The van der Waals surface area contributed by atoms with Gasteiger partial charge in [-0.2, -0.15) is 5.26 Å². The molecule has 5 nitrogen and oxygen atoms in total. The zero-order chi connectivity index (χ0) is 13.8. The minimum Gasteiger partial charge on any atom is -0.382 e. The van der Waals surface area contributed by atoms with Crippen LogP contribution >= 0.6 is 0 Å². The van der Waals surface area contributed by atoms with Gasteiger partial charge in [-0.15, -0.1) is 5.10 Å². The smallest absolute Gasteiger partial charge is 0.171 e. The van der Waals surface area contributed by atoms with Crippen LogP contribution in [-0.2, 0) is 0 Å². The summed E-state index contributed by atoms with van der Waals surface area (Å²) >= 11 is 0. The van der Waals surface area contributed by atoms with E-state index in [0.29, 0.717) is 17.2 Å². The molecule has 0 saturated heterocycles. The van der Waals surface area contributed by atoms with Gasteiger partial charge in [0.05, 0.1) is 5.69 Å². The zero-order valence-electron chi connectivity index (χ0n) is 11.2. The lowest BCUT2D eigenvalue weighted by atomic mass is 10.3. The maximum Gasteiger partial charge on any atom is 0.171 e. The summed E-state index contributed by atoms with van der Waals surface area (Å²) in [5.41, 5.74) is 7.34. The molecule has 0 radical (unpaired) electrons. The summed E-state index contributed by atoms with van der Waals surface area (Å²) in [6, 6.07) is 11.7. The highest BCUT2D eigenvalue weighted by Crippen LogP contribution is 2.26. The Kier molecular flexibility index (Phi) is 3.71. The predicted octanol–water partition coefficient (Wildman–Crippen LogP) is 2.17. The Morgan fingerprint density at radius 3 is 2.42 bits per heavy atom. The lowest BCUT2D eigenvalue weighted by Gasteiger charge is -2.17. The molecule has 0 bridgehead atoms. The van der Waals surface area contributed by atoms with Gasteiger partial charge in [0.25, 0.3) is 0 Å². The van der Waals surface area contributed by atoms with Crippen LogP contribution < -0.4 is 10.6 Å². The van der Waals surface area contributed by atoms with E-state index in [1.165, 1.54) is 0 Å². The van der Waals surface area contributed by atoms with Gasteiger partial charge in [-0.1, -0.05) is 18.2 Å². The van der Waals surface area contributed by atoms with E-state index >= 15 is 0 Å². The molecular weight excluding hydrogens is 238 g/mol. The molecule has 0 aliphatic heterocycles. The normalized spacial score (nSPS) is 10.2. The van der Waals surface area contributed by atoms with E-state index < -0.39 is 0 Å². The number of benzene rings is 1. The second-order valence-corrected chi connectivity index (χ2v) is 4.12. The third kappa shape index (κ3) is 2.25. The maximum atomic E-state index is 9.29. The van der Waals surface area contributed by atoms with Gasteiger partial charge >= 0.3 is 0 Å². The number of nitrogen functional groups attached to an aromatic ring is 1. The molecule has 0 saturated carbocycles. The third-order valence-corrected chi connectivity index (χ3v) is 3.08. The highest BCUT2D eigenvalue weighted by Gasteiger charge is 2.19. The molecule has 0 aliphatic carbocycles. The van der Waals surface area contributed by atoms with Crippen LogP contribution in [0.1, 0.15) is 19.4 Å². The van der Waals surface area contributed by atoms with Crippen LogP contribution in [0.4, 0.5) is 11.6 Å². The summed E-state index contributed by atoms with van der Waals surface area (Å²) in [4.78, 5) is 2.02. The quantitative estimate of drug-likeness (QED) is 0.909. The summed E-state index contributed by atoms with van der Waals surface area (Å²) < 4.78 is 1.62. The summed E-state index contributed by atoms with van der Waals surface area (Å²) in [5.74, 6) is 1.03. The van der Waals surface area contributed by atoms with E-state index in [2.05, 4.69) is 11.2 Å². The molecule has 0 unspecified atom stereocenters. The molecule has 0 spiro atoms. The summed E-state index contributed by atoms with van der Waals surface area (Å²) in [6.45, 7) is 5.64. The maximum absolute atomic E-state index is 9.29. The van der Waals surface area contributed by atoms with Gasteiger partial charge < -0.3 is 10.6 Å². The molecule has 2 rings (SSSR count). The van der Waals surface area contributed by atoms with Crippen molar-refractivity contribution in [3.8, 4) is 11.8 Å². The predicted molar refractivity (Wildman–Crippen MR) is 76.3 cm³/mol. The number of hydrogen-bond acceptors (Lipinski definition) is 4. The van der Waals surface area contributed by atoms with Gasteiger partial charge in [-0.25, -0.2) is 4.68 Å². The molecule has 2 N–H and O–H groups in total. The van der Waals surface area contributed by atoms with Crippen molar-refractivity contribution in [2.75, 3.05) is 23.7 Å². The Balaban J connectivity index is 2.57. The lowest BCUT2D eigenvalue weighted by molar-refractivity contribution is 0.809. The summed E-state index contributed by atoms with van der Waals surface area (Å²) in [5, 5.41) is 13.8. The van der Waals surface area contributed by atoms with Crippen molar-refractivity contribution in [1.82, 2.24) is 9.78 Å². The fourth-order valence-electron chi connectivity index (χ4n) is 2.04. The Bertz CT molecular complexity index is 590. The van der Waals surface area contributed by atoms with E-state index in [4.69, 9.17) is 5.73 Å². The van der Waals surface area contributed by atoms with Gasteiger partial charge in [-0.05, 0) is 26.0 Å². The van der Waals surface area contributed by atoms with Crippen LogP contribution in [0.2, 0.25) is 0 Å². The molecule has 1 aromatic carbocycles. The number of nitriles is 1. The monoisotopic (exact) mass is 255 g/mol. The highest BCUT2D eigenvalue weighted by atomic mass is 15.4. The molecule has 0 aliphatic rings. The zero-order valence-corrected chi connectivity index (χ0v) is 11.2. The molecule has 1 aromatic heterocycles. The molecular formula is C14H17N5. The third-order valence-electron chi connectivity index (χ3n) is 3.08. The first-order chi connectivity index (χ1) is 9.22. The fourth-order valence-corrected chi connectivity index (χ4v) is 2.04. The first kappa shape index (κ1) is 13.0. The number of nitrogens with two attached hydrogens (primary N) is 1. The van der Waals surface area contributed by atoms with E-state index in [9.17, 15) is 5.26 Å². The van der Waals surface area contributed by atoms with E-state index in [1.807, 2.05) is 49.1 Å². The molecule has 0 amide bonds. The topological polar surface area (TPSA) is 70.9 Å². The van der Waals surface area contributed by atoms with Crippen molar-refractivity contribution >= 4 is 11.6 Å². The van der Waals surface area contributed by atoms with Crippen LogP contribution in [-0.4, -0.2) is 22.9 Å². The van der Waals surface area contributed by atoms with Crippen LogP contribution in [0.15, 0.2) is 30.3 Å². The Morgan fingerprint density at radius 2 is 1.89 bits per heavy atom. The van der Waals surface area contributed by atoms with Gasteiger partial charge in [0.15, 0.2) is 5.82 Å². The summed E-state index contributed by atoms with van der Waals surface area (Å²) in [7, 11) is 0. The van der Waals surface area contributed by atoms with Crippen molar-refractivity contribution in [2.24, 2.45) is 0 Å². The molecule has 2 aromatic rings. The van der Waals surface area contributed by atoms with Gasteiger partial charge in [0, 0.05) is 13.1 Å². The van der Waals surface area contributed by atoms with Crippen LogP contribution in [0.25, 0.3) is 5.69 Å². The Hall–Kier alpha value is -2.48. The first-order valence-electron chi connectivity index (χ1n) is 6.31. The molecule has 5 heteroatoms. The van der Waals surface area contributed by atoms with Crippen LogP contribution in [0.3, 0.4) is 0 Å². The number of aromatic nitrogens is 2. The minimum absolute atomic E-state index is 0.385. The second kappa shape index (κ2) is 5.44. The minimum atomic E-state index is 0.385. The average Bonchev–Trinajstić information content (AvgIpc) is 2.78. The summed E-state index contributed by atoms with van der Waals surface area (Å²) in [6.07, 6.45) is 0. The van der Waals surface area contributed by atoms with Gasteiger partial charge in [-0.3, -0.25) is 0 Å². The van der Waals surface area contributed by atoms with Gasteiger partial charge in [0.1, 0.15) is 17.5 Å². The van der Waals surface area contributed by atoms with Crippen molar-refractivity contribution < 1.29 is 0 Å². The number of hydrogen-bond donors (Lipinski definition) is 1. The fraction of sp³-hybridized carbons (Fsp3) is 0.286. The van der Waals surface area contributed by atoms with Crippen molar-refractivity contribution in [1.29, 1.82) is 5.26 Å². The molecule has 0 fully saturated rings. The molecule has 0 atom stereocenters. The highest BCUT2D eigenvalue weighted by molar-refractivity contribution is 5.67. The van der Waals surface area contributed by atoms with Crippen molar-refractivity contribution in [2.45, 2.75) is 13.8 Å².